The Morgan fingerprint density at radius 3 is 2.52 bits per heavy atom. The van der Waals surface area contributed by atoms with E-state index < -0.39 is 0 Å². The molecule has 0 aliphatic heterocycles. The maximum absolute atomic E-state index is 12.1. The number of guanidine groups is 1. The Bertz CT molecular complexity index is 753. The molecule has 148 valence electrons. The molecule has 1 heterocycles. The van der Waals surface area contributed by atoms with E-state index in [-0.39, 0.29) is 42.0 Å². The SMILES string of the molecule is CN=C(NCc1coc(-c2ccccc2)n1)N(C)CC(=O)NC(C)(C)C.I. The van der Waals surface area contributed by atoms with E-state index in [1.54, 1.807) is 18.2 Å². The number of hydrogen-bond donors (Lipinski definition) is 2. The number of oxazole rings is 1. The van der Waals surface area contributed by atoms with Gasteiger partial charge in [-0.15, -0.1) is 24.0 Å². The molecule has 1 aromatic carbocycles. The van der Waals surface area contributed by atoms with Gasteiger partial charge in [0.1, 0.15) is 6.26 Å². The van der Waals surface area contributed by atoms with Crippen molar-refractivity contribution in [2.45, 2.75) is 32.9 Å². The van der Waals surface area contributed by atoms with Crippen LogP contribution >= 0.6 is 24.0 Å². The van der Waals surface area contributed by atoms with Gasteiger partial charge in [-0.1, -0.05) is 18.2 Å². The van der Waals surface area contributed by atoms with Crippen LogP contribution in [-0.4, -0.2) is 47.9 Å². The number of carbonyl (C=O) groups is 1. The van der Waals surface area contributed by atoms with Crippen molar-refractivity contribution < 1.29 is 9.21 Å². The number of benzene rings is 1. The van der Waals surface area contributed by atoms with E-state index in [1.165, 1.54) is 0 Å². The smallest absolute Gasteiger partial charge is 0.240 e. The molecule has 0 saturated carbocycles. The minimum absolute atomic E-state index is 0. The molecule has 1 amide bonds. The number of halogens is 1. The van der Waals surface area contributed by atoms with E-state index in [4.69, 9.17) is 4.42 Å². The van der Waals surface area contributed by atoms with E-state index >= 15 is 0 Å². The molecular weight excluding hydrogens is 457 g/mol. The molecule has 0 saturated heterocycles. The second-order valence-corrected chi connectivity index (χ2v) is 7.07. The summed E-state index contributed by atoms with van der Waals surface area (Å²) in [6, 6.07) is 9.73. The molecule has 0 atom stereocenters. The molecule has 2 aromatic rings. The fourth-order valence-electron chi connectivity index (χ4n) is 2.40. The molecule has 0 spiro atoms. The van der Waals surface area contributed by atoms with E-state index in [2.05, 4.69) is 20.6 Å². The summed E-state index contributed by atoms with van der Waals surface area (Å²) in [7, 11) is 3.49. The van der Waals surface area contributed by atoms with Crippen molar-refractivity contribution in [3.8, 4) is 11.5 Å². The maximum Gasteiger partial charge on any atom is 0.240 e. The van der Waals surface area contributed by atoms with Crippen LogP contribution in [0.15, 0.2) is 46.0 Å². The number of carbonyl (C=O) groups excluding carboxylic acids is 1. The summed E-state index contributed by atoms with van der Waals surface area (Å²) >= 11 is 0. The van der Waals surface area contributed by atoms with Gasteiger partial charge in [-0.05, 0) is 32.9 Å². The van der Waals surface area contributed by atoms with Gasteiger partial charge in [0, 0.05) is 25.2 Å². The topological polar surface area (TPSA) is 82.8 Å². The molecule has 0 unspecified atom stereocenters. The van der Waals surface area contributed by atoms with Crippen LogP contribution in [0.5, 0.6) is 0 Å². The third-order valence-electron chi connectivity index (χ3n) is 3.47. The molecule has 27 heavy (non-hydrogen) atoms. The zero-order valence-corrected chi connectivity index (χ0v) is 18.8. The number of likely N-dealkylation sites (N-methyl/N-ethyl adjacent to an activating group) is 1. The van der Waals surface area contributed by atoms with Crippen LogP contribution in [0.4, 0.5) is 0 Å². The minimum atomic E-state index is -0.260. The second-order valence-electron chi connectivity index (χ2n) is 7.07. The lowest BCUT2D eigenvalue weighted by Crippen LogP contribution is -2.48. The first-order chi connectivity index (χ1) is 12.3. The predicted molar refractivity (Wildman–Crippen MR) is 118 cm³/mol. The third-order valence-corrected chi connectivity index (χ3v) is 3.47. The third kappa shape index (κ3) is 7.58. The molecule has 0 aliphatic rings. The first-order valence-electron chi connectivity index (χ1n) is 8.51. The van der Waals surface area contributed by atoms with Gasteiger partial charge in [-0.25, -0.2) is 4.98 Å². The van der Waals surface area contributed by atoms with Crippen LogP contribution in [0.1, 0.15) is 26.5 Å². The molecule has 8 heteroatoms. The highest BCUT2D eigenvalue weighted by atomic mass is 127. The van der Waals surface area contributed by atoms with Crippen molar-refractivity contribution >= 4 is 35.8 Å². The van der Waals surface area contributed by atoms with Crippen molar-refractivity contribution in [2.24, 2.45) is 4.99 Å². The van der Waals surface area contributed by atoms with Crippen molar-refractivity contribution in [3.63, 3.8) is 0 Å². The highest BCUT2D eigenvalue weighted by Crippen LogP contribution is 2.17. The van der Waals surface area contributed by atoms with Crippen molar-refractivity contribution in [2.75, 3.05) is 20.6 Å². The van der Waals surface area contributed by atoms with Gasteiger partial charge in [0.05, 0.1) is 18.8 Å². The Morgan fingerprint density at radius 2 is 1.93 bits per heavy atom. The van der Waals surface area contributed by atoms with Crippen LogP contribution in [0.2, 0.25) is 0 Å². The summed E-state index contributed by atoms with van der Waals surface area (Å²) in [5.74, 6) is 1.13. The summed E-state index contributed by atoms with van der Waals surface area (Å²) < 4.78 is 5.53. The Balaban J connectivity index is 0.00000364. The number of rotatable bonds is 5. The largest absolute Gasteiger partial charge is 0.444 e. The monoisotopic (exact) mass is 485 g/mol. The average Bonchev–Trinajstić information content (AvgIpc) is 3.03. The zero-order chi connectivity index (χ0) is 19.2. The number of aliphatic imine (C=N–C) groups is 1. The molecule has 2 rings (SSSR count). The van der Waals surface area contributed by atoms with Gasteiger partial charge in [0.25, 0.3) is 0 Å². The highest BCUT2D eigenvalue weighted by molar-refractivity contribution is 14.0. The first-order valence-corrected chi connectivity index (χ1v) is 8.51. The van der Waals surface area contributed by atoms with E-state index in [0.717, 1.165) is 11.3 Å². The molecule has 2 N–H and O–H groups in total. The van der Waals surface area contributed by atoms with Crippen LogP contribution < -0.4 is 10.6 Å². The molecule has 1 aromatic heterocycles. The number of aromatic nitrogens is 1. The fourth-order valence-corrected chi connectivity index (χ4v) is 2.40. The fraction of sp³-hybridized carbons (Fsp3) is 0.421. The van der Waals surface area contributed by atoms with Gasteiger partial charge < -0.3 is 20.0 Å². The molecule has 7 nitrogen and oxygen atoms in total. The van der Waals surface area contributed by atoms with E-state index in [9.17, 15) is 4.79 Å². The van der Waals surface area contributed by atoms with Gasteiger partial charge in [0.2, 0.25) is 11.8 Å². The van der Waals surface area contributed by atoms with Crippen LogP contribution in [0.3, 0.4) is 0 Å². The van der Waals surface area contributed by atoms with E-state index in [0.29, 0.717) is 18.4 Å². The van der Waals surface area contributed by atoms with Gasteiger partial charge in [-0.2, -0.15) is 0 Å². The van der Waals surface area contributed by atoms with Crippen LogP contribution in [0, 0.1) is 0 Å². The average molecular weight is 485 g/mol. The zero-order valence-electron chi connectivity index (χ0n) is 16.4. The van der Waals surface area contributed by atoms with Gasteiger partial charge in [0.15, 0.2) is 5.96 Å². The summed E-state index contributed by atoms with van der Waals surface area (Å²) in [6.07, 6.45) is 1.62. The second kappa shape index (κ2) is 10.3. The van der Waals surface area contributed by atoms with Gasteiger partial charge >= 0.3 is 0 Å². The highest BCUT2D eigenvalue weighted by Gasteiger charge is 2.17. The number of nitrogens with zero attached hydrogens (tertiary/aromatic N) is 3. The van der Waals surface area contributed by atoms with Gasteiger partial charge in [-0.3, -0.25) is 9.79 Å². The molecular formula is C19H28IN5O2. The van der Waals surface area contributed by atoms with Crippen molar-refractivity contribution in [1.29, 1.82) is 0 Å². The van der Waals surface area contributed by atoms with Crippen LogP contribution in [-0.2, 0) is 11.3 Å². The normalized spacial score (nSPS) is 11.5. The Labute approximate surface area is 177 Å². The summed E-state index contributed by atoms with van der Waals surface area (Å²) in [5, 5.41) is 6.13. The Kier molecular flexibility index (Phi) is 8.74. The molecule has 0 bridgehead atoms. The maximum atomic E-state index is 12.1. The number of hydrogen-bond acceptors (Lipinski definition) is 4. The Morgan fingerprint density at radius 1 is 1.26 bits per heavy atom. The lowest BCUT2D eigenvalue weighted by Gasteiger charge is -2.25. The molecule has 0 fully saturated rings. The van der Waals surface area contributed by atoms with Crippen molar-refractivity contribution in [1.82, 2.24) is 20.5 Å². The Hall–Kier alpha value is -2.10. The first kappa shape index (κ1) is 22.9. The summed E-state index contributed by atoms with van der Waals surface area (Å²) in [6.45, 7) is 6.52. The predicted octanol–water partition coefficient (Wildman–Crippen LogP) is 2.88. The quantitative estimate of drug-likeness (QED) is 0.387. The van der Waals surface area contributed by atoms with E-state index in [1.807, 2.05) is 58.2 Å². The van der Waals surface area contributed by atoms with Crippen LogP contribution in [0.25, 0.3) is 11.5 Å². The van der Waals surface area contributed by atoms with Crippen molar-refractivity contribution in [3.05, 3.63) is 42.3 Å². The lowest BCUT2D eigenvalue weighted by atomic mass is 10.1. The standard InChI is InChI=1S/C19H27N5O2.HI/c1-19(2,3)23-16(25)12-24(5)18(20-4)21-11-15-13-26-17(22-15)14-9-7-6-8-10-14;/h6-10,13H,11-12H2,1-5H3,(H,20,21)(H,23,25);1H. The number of nitrogens with one attached hydrogen (secondary N) is 2. The summed E-state index contributed by atoms with van der Waals surface area (Å²) in [5.41, 5.74) is 1.43. The number of amides is 1. The minimum Gasteiger partial charge on any atom is -0.444 e. The lowest BCUT2D eigenvalue weighted by molar-refractivity contribution is -0.122. The molecule has 0 aliphatic carbocycles. The summed E-state index contributed by atoms with van der Waals surface area (Å²) in [4.78, 5) is 22.5. The molecule has 0 radical (unpaired) electrons.